The fourth-order valence-corrected chi connectivity index (χ4v) is 2.40. The zero-order chi connectivity index (χ0) is 18.8. The Morgan fingerprint density at radius 1 is 0.826 bits per heavy atom. The Morgan fingerprint density at radius 3 is 1.52 bits per heavy atom. The van der Waals surface area contributed by atoms with Gasteiger partial charge >= 0.3 is 0 Å². The summed E-state index contributed by atoms with van der Waals surface area (Å²) in [6.07, 6.45) is 10.8. The number of hydrogen-bond donors (Lipinski definition) is 0. The predicted octanol–water partition coefficient (Wildman–Crippen LogP) is 7.21. The molecule has 0 radical (unpaired) electrons. The smallest absolute Gasteiger partial charge is 0.129 e. The van der Waals surface area contributed by atoms with Crippen molar-refractivity contribution in [1.29, 1.82) is 0 Å². The van der Waals surface area contributed by atoms with Crippen LogP contribution in [0, 0.1) is 23.4 Å². The molecule has 0 amide bonds. The molecule has 0 nitrogen and oxygen atoms in total. The summed E-state index contributed by atoms with van der Waals surface area (Å²) in [5.74, 6) is 4.81. The van der Waals surface area contributed by atoms with Crippen LogP contribution < -0.4 is 0 Å². The van der Waals surface area contributed by atoms with Crippen molar-refractivity contribution in [1.82, 2.24) is 0 Å². The molecule has 0 saturated heterocycles. The molecule has 0 aromatic carbocycles. The van der Waals surface area contributed by atoms with Gasteiger partial charge in [-0.05, 0) is 30.1 Å². The summed E-state index contributed by atoms with van der Waals surface area (Å²) in [7, 11) is -2.21. The molecule has 23 heavy (non-hydrogen) atoms. The molecule has 0 aliphatic rings. The van der Waals surface area contributed by atoms with Crippen molar-refractivity contribution < 1.29 is 0 Å². The van der Waals surface area contributed by atoms with Crippen molar-refractivity contribution in [2.45, 2.75) is 71.4 Å². The Hall–Kier alpha value is 0.864. The van der Waals surface area contributed by atoms with Crippen LogP contribution in [-0.2, 0) is 0 Å². The highest BCUT2D eigenvalue weighted by Crippen LogP contribution is 1.99. The average Bonchev–Trinajstić information content (AvgIpc) is 2.44. The van der Waals surface area contributed by atoms with Crippen LogP contribution >= 0.6 is 45.8 Å². The first-order valence-electron chi connectivity index (χ1n) is 8.19. The van der Waals surface area contributed by atoms with Crippen molar-refractivity contribution >= 4 is 61.9 Å². The zero-order valence-electron chi connectivity index (χ0n) is 15.9. The number of unbranched alkanes of at least 4 members (excludes halogenated alkanes) is 3. The molecular formula is C18H35Cl2ISi2. The first-order valence-corrected chi connectivity index (χ1v) is 17.8. The lowest BCUT2D eigenvalue weighted by Gasteiger charge is -2.02. The molecule has 0 N–H and O–H groups in total. The molecule has 0 aliphatic heterocycles. The van der Waals surface area contributed by atoms with Gasteiger partial charge in [0.1, 0.15) is 16.1 Å². The Labute approximate surface area is 172 Å². The summed E-state index contributed by atoms with van der Waals surface area (Å²) >= 11 is 13.3. The van der Waals surface area contributed by atoms with Gasteiger partial charge in [-0.25, -0.2) is 0 Å². The van der Waals surface area contributed by atoms with Gasteiger partial charge in [0.2, 0.25) is 0 Å². The number of halogens is 3. The highest BCUT2D eigenvalue weighted by molar-refractivity contribution is 14.1. The maximum atomic E-state index is 5.53. The lowest BCUT2D eigenvalue weighted by Crippen LogP contribution is -2.16. The van der Waals surface area contributed by atoms with Crippen LogP contribution in [0.25, 0.3) is 0 Å². The van der Waals surface area contributed by atoms with Gasteiger partial charge in [-0.15, -0.1) is 46.6 Å². The van der Waals surface area contributed by atoms with Crippen molar-refractivity contribution in [3.05, 3.63) is 0 Å². The Kier molecular flexibility index (Phi) is 23.9. The first-order chi connectivity index (χ1) is 10.5. The van der Waals surface area contributed by atoms with Crippen molar-refractivity contribution in [3.63, 3.8) is 0 Å². The van der Waals surface area contributed by atoms with E-state index in [2.05, 4.69) is 78.9 Å². The summed E-state index contributed by atoms with van der Waals surface area (Å²) in [6.45, 7) is 13.2. The normalized spacial score (nSPS) is 10.1. The van der Waals surface area contributed by atoms with E-state index in [-0.39, 0.29) is 0 Å². The van der Waals surface area contributed by atoms with Gasteiger partial charge < -0.3 is 0 Å². The SMILES string of the molecule is C#C[Si](C)(C)C.C[Si](C)(C)C#CCCCCCl.ClCCCCI. The molecule has 0 bridgehead atoms. The molecule has 0 aromatic rings. The molecule has 0 atom stereocenters. The number of rotatable bonds is 6. The summed E-state index contributed by atoms with van der Waals surface area (Å²) in [4.78, 5) is 0. The average molecular weight is 505 g/mol. The van der Waals surface area contributed by atoms with E-state index in [0.717, 1.165) is 31.0 Å². The molecule has 0 rings (SSSR count). The minimum atomic E-state index is -1.11. The maximum Gasteiger partial charge on any atom is 0.129 e. The monoisotopic (exact) mass is 504 g/mol. The standard InChI is InChI=1S/C9H17ClSi.C5H10Si.C4H8ClI/c1-11(2,3)9-7-5-4-6-8-10;1-5-6(2,3)4;5-3-1-2-4-6/h4-6,8H2,1-3H3;1H,2-4H3;1-4H2. The van der Waals surface area contributed by atoms with E-state index in [0.29, 0.717) is 0 Å². The third-order valence-electron chi connectivity index (χ3n) is 2.10. The minimum absolute atomic E-state index is 0.772. The summed E-state index contributed by atoms with van der Waals surface area (Å²) in [5.41, 5.74) is 6.07. The molecule has 0 spiro atoms. The van der Waals surface area contributed by atoms with Gasteiger partial charge in [0.25, 0.3) is 0 Å². The molecule has 0 saturated carbocycles. The van der Waals surface area contributed by atoms with Crippen molar-refractivity contribution in [3.8, 4) is 23.4 Å². The van der Waals surface area contributed by atoms with E-state index in [4.69, 9.17) is 29.6 Å². The molecular weight excluding hydrogens is 470 g/mol. The molecule has 5 heteroatoms. The van der Waals surface area contributed by atoms with Gasteiger partial charge in [0, 0.05) is 18.2 Å². The summed E-state index contributed by atoms with van der Waals surface area (Å²) in [6, 6.07) is 0. The number of hydrogen-bond acceptors (Lipinski definition) is 0. The first kappa shape index (κ1) is 28.7. The zero-order valence-corrected chi connectivity index (χ0v) is 21.5. The fraction of sp³-hybridized carbons (Fsp3) is 0.778. The third kappa shape index (κ3) is 45.0. The van der Waals surface area contributed by atoms with Crippen LogP contribution in [0.2, 0.25) is 39.3 Å². The molecule has 136 valence electrons. The lowest BCUT2D eigenvalue weighted by atomic mass is 10.3. The van der Waals surface area contributed by atoms with E-state index in [1.807, 2.05) is 0 Å². The highest BCUT2D eigenvalue weighted by Gasteiger charge is 2.06. The Morgan fingerprint density at radius 2 is 1.26 bits per heavy atom. The van der Waals surface area contributed by atoms with Gasteiger partial charge in [-0.3, -0.25) is 0 Å². The van der Waals surface area contributed by atoms with Crippen LogP contribution in [0.5, 0.6) is 0 Å². The van der Waals surface area contributed by atoms with Crippen LogP contribution in [0.4, 0.5) is 0 Å². The second-order valence-corrected chi connectivity index (χ2v) is 18.6. The van der Waals surface area contributed by atoms with Crippen molar-refractivity contribution in [2.24, 2.45) is 0 Å². The predicted molar refractivity (Wildman–Crippen MR) is 127 cm³/mol. The molecule has 0 heterocycles. The van der Waals surface area contributed by atoms with Crippen LogP contribution in [0.3, 0.4) is 0 Å². The van der Waals surface area contributed by atoms with E-state index in [9.17, 15) is 0 Å². The van der Waals surface area contributed by atoms with Crippen LogP contribution in [-0.4, -0.2) is 32.3 Å². The quantitative estimate of drug-likeness (QED) is 0.118. The van der Waals surface area contributed by atoms with Crippen LogP contribution in [0.15, 0.2) is 0 Å². The van der Waals surface area contributed by atoms with Crippen LogP contribution in [0.1, 0.15) is 32.1 Å². The fourth-order valence-electron chi connectivity index (χ4n) is 0.825. The second kappa shape index (κ2) is 19.2. The summed E-state index contributed by atoms with van der Waals surface area (Å²) < 4.78 is 1.24. The van der Waals surface area contributed by atoms with Gasteiger partial charge in [0.15, 0.2) is 0 Å². The Bertz CT molecular complexity index is 337. The van der Waals surface area contributed by atoms with E-state index >= 15 is 0 Å². The maximum absolute atomic E-state index is 5.53. The second-order valence-electron chi connectivity index (χ2n) is 7.18. The summed E-state index contributed by atoms with van der Waals surface area (Å²) in [5, 5.41) is 0. The highest BCUT2D eigenvalue weighted by atomic mass is 127. The molecule has 0 unspecified atom stereocenters. The molecule has 0 aliphatic carbocycles. The molecule has 0 fully saturated rings. The van der Waals surface area contributed by atoms with Gasteiger partial charge in [0.05, 0.1) is 0 Å². The largest absolute Gasteiger partial charge is 0.135 e. The number of terminal acetylenes is 1. The molecule has 0 aromatic heterocycles. The number of alkyl halides is 3. The van der Waals surface area contributed by atoms with Gasteiger partial charge in [-0.1, -0.05) is 61.9 Å². The van der Waals surface area contributed by atoms with E-state index in [1.54, 1.807) is 0 Å². The Balaban J connectivity index is -0.000000284. The van der Waals surface area contributed by atoms with E-state index < -0.39 is 16.1 Å². The van der Waals surface area contributed by atoms with Gasteiger partial charge in [-0.2, -0.15) is 0 Å². The van der Waals surface area contributed by atoms with E-state index in [1.165, 1.54) is 17.3 Å². The lowest BCUT2D eigenvalue weighted by molar-refractivity contribution is 0.833. The third-order valence-corrected chi connectivity index (χ3v) is 5.19. The van der Waals surface area contributed by atoms with Crippen molar-refractivity contribution in [2.75, 3.05) is 16.2 Å². The topological polar surface area (TPSA) is 0 Å². The minimum Gasteiger partial charge on any atom is -0.135 e.